The SMILES string of the molecule is Nc1c(F)c(F)c(F)c(F)c1F.S. The molecule has 0 radical (unpaired) electrons. The molecule has 0 aliphatic carbocycles. The summed E-state index contributed by atoms with van der Waals surface area (Å²) in [5.74, 6) is -10.3. The topological polar surface area (TPSA) is 26.0 Å². The van der Waals surface area contributed by atoms with Gasteiger partial charge in [-0.15, -0.1) is 0 Å². The summed E-state index contributed by atoms with van der Waals surface area (Å²) in [4.78, 5) is 0. The van der Waals surface area contributed by atoms with Gasteiger partial charge in [-0.1, -0.05) is 0 Å². The average Bonchev–Trinajstić information content (AvgIpc) is 2.08. The van der Waals surface area contributed by atoms with Crippen LogP contribution in [0.2, 0.25) is 0 Å². The molecule has 1 aromatic carbocycles. The Labute approximate surface area is 76.8 Å². The van der Waals surface area contributed by atoms with Crippen molar-refractivity contribution >= 4 is 19.2 Å². The first-order valence-corrected chi connectivity index (χ1v) is 2.73. The number of rotatable bonds is 0. The fraction of sp³-hybridized carbons (Fsp3) is 0. The molecule has 0 atom stereocenters. The lowest BCUT2D eigenvalue weighted by atomic mass is 10.2. The van der Waals surface area contributed by atoms with Crippen LogP contribution in [0.15, 0.2) is 0 Å². The van der Waals surface area contributed by atoms with Crippen LogP contribution in [0.1, 0.15) is 0 Å². The van der Waals surface area contributed by atoms with Gasteiger partial charge in [0.25, 0.3) is 0 Å². The number of anilines is 1. The van der Waals surface area contributed by atoms with E-state index < -0.39 is 34.8 Å². The lowest BCUT2D eigenvalue weighted by molar-refractivity contribution is 0.382. The Bertz CT molecular complexity index is 235. The molecule has 0 fully saturated rings. The predicted molar refractivity (Wildman–Crippen MR) is 41.0 cm³/mol. The maximum atomic E-state index is 12.3. The van der Waals surface area contributed by atoms with Gasteiger partial charge in [0, 0.05) is 0 Å². The van der Waals surface area contributed by atoms with Gasteiger partial charge in [-0.3, -0.25) is 0 Å². The Morgan fingerprint density at radius 1 is 0.615 bits per heavy atom. The number of nitrogen functional groups attached to an aromatic ring is 1. The first kappa shape index (κ1) is 12.0. The Balaban J connectivity index is 0.00000144. The monoisotopic (exact) mass is 217 g/mol. The van der Waals surface area contributed by atoms with Crippen LogP contribution in [0, 0.1) is 29.1 Å². The molecular weight excluding hydrogens is 213 g/mol. The van der Waals surface area contributed by atoms with Crippen LogP contribution in [-0.4, -0.2) is 0 Å². The molecule has 0 amide bonds. The molecule has 0 unspecified atom stereocenters. The fourth-order valence-corrected chi connectivity index (χ4v) is 0.622. The summed E-state index contributed by atoms with van der Waals surface area (Å²) in [6, 6.07) is 0. The summed E-state index contributed by atoms with van der Waals surface area (Å²) >= 11 is 0. The van der Waals surface area contributed by atoms with Gasteiger partial charge in [0.2, 0.25) is 5.82 Å². The molecule has 1 rings (SSSR count). The lowest BCUT2D eigenvalue weighted by Crippen LogP contribution is -2.05. The minimum atomic E-state index is -2.21. The van der Waals surface area contributed by atoms with Gasteiger partial charge >= 0.3 is 0 Å². The summed E-state index contributed by atoms with van der Waals surface area (Å²) in [6.45, 7) is 0. The van der Waals surface area contributed by atoms with Crippen LogP contribution in [-0.2, 0) is 0 Å². The number of halogens is 5. The van der Waals surface area contributed by atoms with Gasteiger partial charge in [0.15, 0.2) is 23.3 Å². The summed E-state index contributed by atoms with van der Waals surface area (Å²) in [7, 11) is 0. The van der Waals surface area contributed by atoms with Crippen LogP contribution >= 0.6 is 13.5 Å². The molecule has 2 N–H and O–H groups in total. The van der Waals surface area contributed by atoms with Crippen molar-refractivity contribution in [2.75, 3.05) is 5.73 Å². The smallest absolute Gasteiger partial charge is 0.200 e. The zero-order valence-corrected chi connectivity index (χ0v) is 6.97. The standard InChI is InChI=1S/C6H2F5N.H2S/c7-1-2(8)4(10)6(12)5(11)3(1)9;/h12H2;1H2. The summed E-state index contributed by atoms with van der Waals surface area (Å²) in [5, 5.41) is 0. The second-order valence-electron chi connectivity index (χ2n) is 1.98. The average molecular weight is 217 g/mol. The number of hydrogen-bond acceptors (Lipinski definition) is 1. The zero-order chi connectivity index (χ0) is 9.46. The second kappa shape index (κ2) is 3.82. The van der Waals surface area contributed by atoms with Gasteiger partial charge in [-0.2, -0.15) is 13.5 Å². The van der Waals surface area contributed by atoms with E-state index in [1.54, 1.807) is 0 Å². The third-order valence-electron chi connectivity index (χ3n) is 1.24. The fourth-order valence-electron chi connectivity index (χ4n) is 0.622. The minimum absolute atomic E-state index is 0. The van der Waals surface area contributed by atoms with Gasteiger partial charge in [0.05, 0.1) is 0 Å². The van der Waals surface area contributed by atoms with E-state index in [1.165, 1.54) is 0 Å². The van der Waals surface area contributed by atoms with E-state index in [1.807, 2.05) is 0 Å². The summed E-state index contributed by atoms with van der Waals surface area (Å²) < 4.78 is 61.1. The second-order valence-corrected chi connectivity index (χ2v) is 1.98. The van der Waals surface area contributed by atoms with E-state index in [4.69, 9.17) is 0 Å². The van der Waals surface area contributed by atoms with Crippen molar-refractivity contribution in [2.24, 2.45) is 0 Å². The number of hydrogen-bond donors (Lipinski definition) is 1. The highest BCUT2D eigenvalue weighted by Crippen LogP contribution is 2.23. The molecule has 13 heavy (non-hydrogen) atoms. The van der Waals surface area contributed by atoms with Crippen molar-refractivity contribution in [3.05, 3.63) is 29.1 Å². The van der Waals surface area contributed by atoms with Gasteiger partial charge in [0.1, 0.15) is 5.69 Å². The van der Waals surface area contributed by atoms with E-state index in [-0.39, 0.29) is 13.5 Å². The highest BCUT2D eigenvalue weighted by Gasteiger charge is 2.23. The Morgan fingerprint density at radius 2 is 0.846 bits per heavy atom. The summed E-state index contributed by atoms with van der Waals surface area (Å²) in [6.07, 6.45) is 0. The molecule has 0 saturated carbocycles. The van der Waals surface area contributed by atoms with Gasteiger partial charge < -0.3 is 5.73 Å². The van der Waals surface area contributed by atoms with Crippen molar-refractivity contribution in [3.8, 4) is 0 Å². The highest BCUT2D eigenvalue weighted by atomic mass is 32.1. The lowest BCUT2D eigenvalue weighted by Gasteiger charge is -2.02. The van der Waals surface area contributed by atoms with Crippen LogP contribution in [0.3, 0.4) is 0 Å². The normalized spacial score (nSPS) is 9.62. The third kappa shape index (κ3) is 1.69. The molecule has 0 bridgehead atoms. The Kier molecular flexibility index (Phi) is 3.53. The van der Waals surface area contributed by atoms with Crippen molar-refractivity contribution < 1.29 is 22.0 Å². The Morgan fingerprint density at radius 3 is 1.15 bits per heavy atom. The van der Waals surface area contributed by atoms with Crippen molar-refractivity contribution in [2.45, 2.75) is 0 Å². The van der Waals surface area contributed by atoms with Gasteiger partial charge in [-0.25, -0.2) is 22.0 Å². The molecule has 1 nitrogen and oxygen atoms in total. The predicted octanol–water partition coefficient (Wildman–Crippen LogP) is 2.08. The van der Waals surface area contributed by atoms with Crippen LogP contribution in [0.5, 0.6) is 0 Å². The van der Waals surface area contributed by atoms with E-state index in [0.29, 0.717) is 0 Å². The molecule has 74 valence electrons. The van der Waals surface area contributed by atoms with Crippen LogP contribution in [0.4, 0.5) is 27.6 Å². The van der Waals surface area contributed by atoms with E-state index >= 15 is 0 Å². The zero-order valence-electron chi connectivity index (χ0n) is 5.97. The molecule has 0 aromatic heterocycles. The quantitative estimate of drug-likeness (QED) is 0.306. The molecule has 0 saturated heterocycles. The molecule has 0 heterocycles. The van der Waals surface area contributed by atoms with Crippen molar-refractivity contribution in [1.82, 2.24) is 0 Å². The third-order valence-corrected chi connectivity index (χ3v) is 1.24. The first-order valence-electron chi connectivity index (χ1n) is 2.73. The van der Waals surface area contributed by atoms with Gasteiger partial charge in [-0.05, 0) is 0 Å². The van der Waals surface area contributed by atoms with E-state index in [2.05, 4.69) is 5.73 Å². The minimum Gasteiger partial charge on any atom is -0.394 e. The molecule has 0 aliphatic rings. The first-order chi connectivity index (χ1) is 5.46. The molecule has 7 heteroatoms. The number of nitrogens with two attached hydrogens (primary N) is 1. The molecular formula is C6H4F5NS. The van der Waals surface area contributed by atoms with Crippen LogP contribution in [0.25, 0.3) is 0 Å². The van der Waals surface area contributed by atoms with Crippen LogP contribution < -0.4 is 5.73 Å². The molecule has 1 aromatic rings. The summed E-state index contributed by atoms with van der Waals surface area (Å²) in [5.41, 5.74) is 3.19. The Hall–Kier alpha value is -0.980. The van der Waals surface area contributed by atoms with E-state index in [9.17, 15) is 22.0 Å². The molecule has 0 aliphatic heterocycles. The van der Waals surface area contributed by atoms with Crippen molar-refractivity contribution in [3.63, 3.8) is 0 Å². The number of benzene rings is 1. The maximum absolute atomic E-state index is 12.3. The molecule has 0 spiro atoms. The van der Waals surface area contributed by atoms with Crippen molar-refractivity contribution in [1.29, 1.82) is 0 Å². The highest BCUT2D eigenvalue weighted by molar-refractivity contribution is 7.59. The van der Waals surface area contributed by atoms with E-state index in [0.717, 1.165) is 0 Å². The largest absolute Gasteiger partial charge is 0.394 e. The maximum Gasteiger partial charge on any atom is 0.200 e.